The van der Waals surface area contributed by atoms with Crippen LogP contribution in [0.25, 0.3) is 5.57 Å². The molecule has 0 aromatic heterocycles. The molecule has 2 rings (SSSR count). The highest BCUT2D eigenvalue weighted by Crippen LogP contribution is 2.39. The predicted molar refractivity (Wildman–Crippen MR) is 87.9 cm³/mol. The van der Waals surface area contributed by atoms with Crippen LogP contribution < -0.4 is 0 Å². The minimum absolute atomic E-state index is 0.187. The number of aliphatic hydroxyl groups is 2. The van der Waals surface area contributed by atoms with Crippen LogP contribution in [0.4, 0.5) is 0 Å². The van der Waals surface area contributed by atoms with Crippen molar-refractivity contribution in [3.8, 4) is 0 Å². The molecule has 2 nitrogen and oxygen atoms in total. The van der Waals surface area contributed by atoms with Crippen LogP contribution in [-0.4, -0.2) is 15.8 Å². The SMILES string of the molecule is CCCCCC(O)c1ccc(C2=CC(C)C(C)(O)C2)cc1. The van der Waals surface area contributed by atoms with E-state index < -0.39 is 5.60 Å². The van der Waals surface area contributed by atoms with Gasteiger partial charge in [-0.25, -0.2) is 0 Å². The standard InChI is InChI=1S/C19H28O2/c1-4-5-6-7-18(20)16-10-8-15(9-11-16)17-12-14(2)19(3,21)13-17/h8-12,14,18,20-21H,4-7,13H2,1-3H3. The fourth-order valence-electron chi connectivity index (χ4n) is 2.96. The van der Waals surface area contributed by atoms with E-state index in [2.05, 4.69) is 32.1 Å². The van der Waals surface area contributed by atoms with E-state index in [1.165, 1.54) is 18.4 Å². The third-order valence-electron chi connectivity index (χ3n) is 4.73. The zero-order valence-electron chi connectivity index (χ0n) is 13.5. The van der Waals surface area contributed by atoms with Crippen molar-refractivity contribution in [2.24, 2.45) is 5.92 Å². The molecular weight excluding hydrogens is 260 g/mol. The average molecular weight is 288 g/mol. The molecular formula is C19H28O2. The van der Waals surface area contributed by atoms with Crippen LogP contribution in [0, 0.1) is 5.92 Å². The zero-order valence-corrected chi connectivity index (χ0v) is 13.5. The number of benzene rings is 1. The monoisotopic (exact) mass is 288 g/mol. The van der Waals surface area contributed by atoms with Crippen molar-refractivity contribution >= 4 is 5.57 Å². The van der Waals surface area contributed by atoms with Crippen LogP contribution in [0.5, 0.6) is 0 Å². The molecule has 0 bridgehead atoms. The maximum absolute atomic E-state index is 10.3. The molecule has 0 radical (unpaired) electrons. The molecule has 0 aliphatic heterocycles. The Labute approximate surface area is 128 Å². The molecule has 0 fully saturated rings. The van der Waals surface area contributed by atoms with E-state index in [-0.39, 0.29) is 12.0 Å². The molecule has 0 saturated heterocycles. The van der Waals surface area contributed by atoms with Gasteiger partial charge in [-0.1, -0.05) is 63.5 Å². The Bertz CT molecular complexity index is 485. The highest BCUT2D eigenvalue weighted by Gasteiger charge is 2.34. The highest BCUT2D eigenvalue weighted by atomic mass is 16.3. The molecule has 0 amide bonds. The summed E-state index contributed by atoms with van der Waals surface area (Å²) in [6.45, 7) is 6.12. The predicted octanol–water partition coefficient (Wildman–Crippen LogP) is 4.47. The van der Waals surface area contributed by atoms with Gasteiger partial charge in [-0.05, 0) is 30.0 Å². The van der Waals surface area contributed by atoms with Crippen molar-refractivity contribution in [1.82, 2.24) is 0 Å². The van der Waals surface area contributed by atoms with Gasteiger partial charge in [0.25, 0.3) is 0 Å². The summed E-state index contributed by atoms with van der Waals surface area (Å²) in [5.74, 6) is 0.187. The summed E-state index contributed by atoms with van der Waals surface area (Å²) in [6.07, 6.45) is 6.77. The molecule has 1 aromatic rings. The highest BCUT2D eigenvalue weighted by molar-refractivity contribution is 5.69. The molecule has 1 aliphatic rings. The van der Waals surface area contributed by atoms with Crippen molar-refractivity contribution in [2.45, 2.75) is 64.6 Å². The quantitative estimate of drug-likeness (QED) is 0.758. The van der Waals surface area contributed by atoms with E-state index in [9.17, 15) is 10.2 Å². The first-order valence-corrected chi connectivity index (χ1v) is 8.15. The summed E-state index contributed by atoms with van der Waals surface area (Å²) in [7, 11) is 0. The van der Waals surface area contributed by atoms with Crippen molar-refractivity contribution in [1.29, 1.82) is 0 Å². The lowest BCUT2D eigenvalue weighted by atomic mass is 9.92. The lowest BCUT2D eigenvalue weighted by Crippen LogP contribution is -2.27. The Morgan fingerprint density at radius 1 is 1.24 bits per heavy atom. The molecule has 3 unspecified atom stereocenters. The number of hydrogen-bond acceptors (Lipinski definition) is 2. The maximum Gasteiger partial charge on any atom is 0.0790 e. The molecule has 21 heavy (non-hydrogen) atoms. The van der Waals surface area contributed by atoms with E-state index in [1.54, 1.807) is 0 Å². The first kappa shape index (κ1) is 16.3. The Morgan fingerprint density at radius 2 is 1.90 bits per heavy atom. The third kappa shape index (κ3) is 3.96. The molecule has 0 heterocycles. The Balaban J connectivity index is 2.01. The number of unbranched alkanes of at least 4 members (excludes halogenated alkanes) is 2. The van der Waals surface area contributed by atoms with Gasteiger partial charge in [-0.15, -0.1) is 0 Å². The molecule has 2 N–H and O–H groups in total. The topological polar surface area (TPSA) is 40.5 Å². The normalized spacial score (nSPS) is 26.7. The van der Waals surface area contributed by atoms with Crippen LogP contribution in [-0.2, 0) is 0 Å². The second kappa shape index (κ2) is 6.76. The van der Waals surface area contributed by atoms with Gasteiger partial charge >= 0.3 is 0 Å². The second-order valence-corrected chi connectivity index (χ2v) is 6.65. The van der Waals surface area contributed by atoms with Gasteiger partial charge in [0.15, 0.2) is 0 Å². The lowest BCUT2D eigenvalue weighted by Gasteiger charge is -2.22. The van der Waals surface area contributed by atoms with Crippen molar-refractivity contribution in [3.63, 3.8) is 0 Å². The van der Waals surface area contributed by atoms with Gasteiger partial charge in [-0.3, -0.25) is 0 Å². The number of hydrogen-bond donors (Lipinski definition) is 2. The van der Waals surface area contributed by atoms with E-state index in [1.807, 2.05) is 19.1 Å². The number of rotatable bonds is 6. The van der Waals surface area contributed by atoms with Gasteiger partial charge in [0.2, 0.25) is 0 Å². The number of aliphatic hydroxyl groups excluding tert-OH is 1. The summed E-state index contributed by atoms with van der Waals surface area (Å²) in [4.78, 5) is 0. The molecule has 0 saturated carbocycles. The van der Waals surface area contributed by atoms with Crippen molar-refractivity contribution in [3.05, 3.63) is 41.5 Å². The van der Waals surface area contributed by atoms with Crippen LogP contribution in [0.15, 0.2) is 30.3 Å². The van der Waals surface area contributed by atoms with Gasteiger partial charge in [0.1, 0.15) is 0 Å². The maximum atomic E-state index is 10.3. The first-order valence-electron chi connectivity index (χ1n) is 8.15. The molecule has 116 valence electrons. The van der Waals surface area contributed by atoms with Gasteiger partial charge in [0, 0.05) is 12.3 Å². The molecule has 1 aliphatic carbocycles. The van der Waals surface area contributed by atoms with Gasteiger partial charge in [-0.2, -0.15) is 0 Å². The minimum atomic E-state index is -0.631. The summed E-state index contributed by atoms with van der Waals surface area (Å²) < 4.78 is 0. The second-order valence-electron chi connectivity index (χ2n) is 6.65. The smallest absolute Gasteiger partial charge is 0.0790 e. The van der Waals surface area contributed by atoms with Crippen LogP contribution in [0.1, 0.15) is 70.1 Å². The zero-order chi connectivity index (χ0) is 15.5. The fraction of sp³-hybridized carbons (Fsp3) is 0.579. The first-order chi connectivity index (χ1) is 9.94. The average Bonchev–Trinajstić information content (AvgIpc) is 2.73. The van der Waals surface area contributed by atoms with Gasteiger partial charge in [0.05, 0.1) is 11.7 Å². The van der Waals surface area contributed by atoms with Crippen molar-refractivity contribution in [2.75, 3.05) is 0 Å². The molecule has 0 spiro atoms. The third-order valence-corrected chi connectivity index (χ3v) is 4.73. The summed E-state index contributed by atoms with van der Waals surface area (Å²) >= 11 is 0. The largest absolute Gasteiger partial charge is 0.389 e. The Hall–Kier alpha value is -1.12. The summed E-state index contributed by atoms with van der Waals surface area (Å²) in [5.41, 5.74) is 2.73. The van der Waals surface area contributed by atoms with E-state index >= 15 is 0 Å². The molecule has 3 atom stereocenters. The fourth-order valence-corrected chi connectivity index (χ4v) is 2.96. The van der Waals surface area contributed by atoms with Crippen molar-refractivity contribution < 1.29 is 10.2 Å². The Morgan fingerprint density at radius 3 is 2.43 bits per heavy atom. The lowest BCUT2D eigenvalue weighted by molar-refractivity contribution is 0.0383. The summed E-state index contributed by atoms with van der Waals surface area (Å²) in [6, 6.07) is 8.17. The minimum Gasteiger partial charge on any atom is -0.389 e. The Kier molecular flexibility index (Phi) is 5.23. The van der Waals surface area contributed by atoms with Gasteiger partial charge < -0.3 is 10.2 Å². The summed E-state index contributed by atoms with van der Waals surface area (Å²) in [5, 5.41) is 20.4. The molecule has 2 heteroatoms. The van der Waals surface area contributed by atoms with E-state index in [0.717, 1.165) is 24.0 Å². The van der Waals surface area contributed by atoms with Crippen LogP contribution in [0.3, 0.4) is 0 Å². The van der Waals surface area contributed by atoms with E-state index in [4.69, 9.17) is 0 Å². The van der Waals surface area contributed by atoms with Crippen LogP contribution in [0.2, 0.25) is 0 Å². The van der Waals surface area contributed by atoms with E-state index in [0.29, 0.717) is 6.42 Å². The van der Waals surface area contributed by atoms with Crippen LogP contribution >= 0.6 is 0 Å². The molecule has 1 aromatic carbocycles.